The minimum atomic E-state index is -0.936. The first-order valence-electron chi connectivity index (χ1n) is 7.86. The predicted octanol–water partition coefficient (Wildman–Crippen LogP) is 2.09. The number of hydrogen-bond acceptors (Lipinski definition) is 3. The number of rotatable bonds is 4. The SMILES string of the molecule is COc1ccc(CC(=O)N2CC3CCCC3C2C(=O)O)cc1F. The first-order valence-corrected chi connectivity index (χ1v) is 7.86. The number of benzene rings is 1. The van der Waals surface area contributed by atoms with Crippen LogP contribution in [0.2, 0.25) is 0 Å². The molecule has 1 N–H and O–H groups in total. The maximum Gasteiger partial charge on any atom is 0.326 e. The topological polar surface area (TPSA) is 66.8 Å². The molecule has 0 aromatic heterocycles. The third-order valence-corrected chi connectivity index (χ3v) is 5.04. The molecule has 6 heteroatoms. The van der Waals surface area contributed by atoms with Crippen molar-refractivity contribution in [1.82, 2.24) is 4.90 Å². The smallest absolute Gasteiger partial charge is 0.326 e. The fourth-order valence-electron chi connectivity index (χ4n) is 3.97. The molecule has 1 aliphatic heterocycles. The third kappa shape index (κ3) is 2.90. The number of halogens is 1. The largest absolute Gasteiger partial charge is 0.494 e. The number of carboxylic acids is 1. The summed E-state index contributed by atoms with van der Waals surface area (Å²) in [6, 6.07) is 3.64. The van der Waals surface area contributed by atoms with Gasteiger partial charge in [-0.15, -0.1) is 0 Å². The lowest BCUT2D eigenvalue weighted by molar-refractivity contribution is -0.149. The molecule has 5 nitrogen and oxygen atoms in total. The molecule has 0 spiro atoms. The number of hydrogen-bond donors (Lipinski definition) is 1. The second-order valence-electron chi connectivity index (χ2n) is 6.33. The second-order valence-corrected chi connectivity index (χ2v) is 6.33. The van der Waals surface area contributed by atoms with E-state index in [1.54, 1.807) is 6.07 Å². The summed E-state index contributed by atoms with van der Waals surface area (Å²) in [7, 11) is 1.38. The van der Waals surface area contributed by atoms with E-state index in [-0.39, 0.29) is 29.9 Å². The van der Waals surface area contributed by atoms with E-state index in [9.17, 15) is 19.1 Å². The highest BCUT2D eigenvalue weighted by molar-refractivity contribution is 5.86. The van der Waals surface area contributed by atoms with Crippen LogP contribution in [0.1, 0.15) is 24.8 Å². The van der Waals surface area contributed by atoms with Crippen LogP contribution in [0.5, 0.6) is 5.75 Å². The number of aliphatic carboxylic acids is 1. The summed E-state index contributed by atoms with van der Waals surface area (Å²) >= 11 is 0. The number of carbonyl (C=O) groups excluding carboxylic acids is 1. The van der Waals surface area contributed by atoms with Crippen LogP contribution < -0.4 is 4.74 Å². The van der Waals surface area contributed by atoms with Gasteiger partial charge in [0.05, 0.1) is 13.5 Å². The number of fused-ring (bicyclic) bond motifs is 1. The summed E-state index contributed by atoms with van der Waals surface area (Å²) in [5.74, 6) is -1.24. The van der Waals surface area contributed by atoms with Crippen molar-refractivity contribution in [3.8, 4) is 5.75 Å². The fraction of sp³-hybridized carbons (Fsp3) is 0.529. The van der Waals surface area contributed by atoms with Gasteiger partial charge in [0, 0.05) is 6.54 Å². The second kappa shape index (κ2) is 6.18. The van der Waals surface area contributed by atoms with Gasteiger partial charge in [-0.3, -0.25) is 4.79 Å². The van der Waals surface area contributed by atoms with Gasteiger partial charge in [0.1, 0.15) is 6.04 Å². The maximum absolute atomic E-state index is 13.7. The molecule has 2 fully saturated rings. The number of ether oxygens (including phenoxy) is 1. The van der Waals surface area contributed by atoms with Crippen molar-refractivity contribution in [3.05, 3.63) is 29.6 Å². The summed E-state index contributed by atoms with van der Waals surface area (Å²) in [5, 5.41) is 9.49. The zero-order chi connectivity index (χ0) is 16.6. The standard InChI is InChI=1S/C17H20FNO4/c1-23-14-6-5-10(7-13(14)18)8-15(20)19-9-11-3-2-4-12(11)16(19)17(21)22/h5-7,11-12,16H,2-4,8-9H2,1H3,(H,21,22). The molecule has 0 bridgehead atoms. The van der Waals surface area contributed by atoms with Gasteiger partial charge in [-0.25, -0.2) is 9.18 Å². The van der Waals surface area contributed by atoms with Gasteiger partial charge < -0.3 is 14.7 Å². The lowest BCUT2D eigenvalue weighted by atomic mass is 9.94. The molecule has 23 heavy (non-hydrogen) atoms. The summed E-state index contributed by atoms with van der Waals surface area (Å²) in [6.07, 6.45) is 2.88. The first kappa shape index (κ1) is 15.8. The molecule has 124 valence electrons. The van der Waals surface area contributed by atoms with Gasteiger partial charge in [-0.1, -0.05) is 12.5 Å². The molecule has 3 rings (SSSR count). The number of amides is 1. The van der Waals surface area contributed by atoms with E-state index < -0.39 is 17.8 Å². The Bertz CT molecular complexity index is 633. The van der Waals surface area contributed by atoms with E-state index in [4.69, 9.17) is 4.74 Å². The van der Waals surface area contributed by atoms with Crippen LogP contribution in [0.4, 0.5) is 4.39 Å². The maximum atomic E-state index is 13.7. The molecule has 1 aliphatic carbocycles. The lowest BCUT2D eigenvalue weighted by Crippen LogP contribution is -2.43. The Morgan fingerprint density at radius 1 is 1.39 bits per heavy atom. The Balaban J connectivity index is 1.75. The van der Waals surface area contributed by atoms with Crippen molar-refractivity contribution in [2.24, 2.45) is 11.8 Å². The van der Waals surface area contributed by atoms with Crippen molar-refractivity contribution in [1.29, 1.82) is 0 Å². The van der Waals surface area contributed by atoms with Crippen molar-refractivity contribution in [3.63, 3.8) is 0 Å². The van der Waals surface area contributed by atoms with Gasteiger partial charge >= 0.3 is 5.97 Å². The molecule has 3 unspecified atom stereocenters. The van der Waals surface area contributed by atoms with Crippen LogP contribution in [0.15, 0.2) is 18.2 Å². The van der Waals surface area contributed by atoms with E-state index in [2.05, 4.69) is 0 Å². The Morgan fingerprint density at radius 3 is 2.83 bits per heavy atom. The summed E-state index contributed by atoms with van der Waals surface area (Å²) in [5.41, 5.74) is 0.523. The molecule has 3 atom stereocenters. The van der Waals surface area contributed by atoms with E-state index in [1.807, 2.05) is 0 Å². The molecule has 1 aromatic rings. The minimum absolute atomic E-state index is 0.00410. The van der Waals surface area contributed by atoms with Crippen LogP contribution >= 0.6 is 0 Å². The Kier molecular flexibility index (Phi) is 4.24. The normalized spacial score (nSPS) is 26.2. The fourth-order valence-corrected chi connectivity index (χ4v) is 3.97. The lowest BCUT2D eigenvalue weighted by Gasteiger charge is -2.24. The minimum Gasteiger partial charge on any atom is -0.494 e. The first-order chi connectivity index (χ1) is 11.0. The number of nitrogens with zero attached hydrogens (tertiary/aromatic N) is 1. The number of carboxylic acid groups (broad SMARTS) is 1. The Labute approximate surface area is 134 Å². The van der Waals surface area contributed by atoms with Crippen LogP contribution in [0, 0.1) is 17.7 Å². The molecule has 1 amide bonds. The molecular weight excluding hydrogens is 301 g/mol. The Morgan fingerprint density at radius 2 is 2.17 bits per heavy atom. The van der Waals surface area contributed by atoms with Crippen molar-refractivity contribution < 1.29 is 23.8 Å². The van der Waals surface area contributed by atoms with Gasteiger partial charge in [-0.05, 0) is 42.4 Å². The summed E-state index contributed by atoms with van der Waals surface area (Å²) in [6.45, 7) is 0.499. The van der Waals surface area contributed by atoms with Gasteiger partial charge in [-0.2, -0.15) is 0 Å². The summed E-state index contributed by atoms with van der Waals surface area (Å²) in [4.78, 5) is 25.6. The monoisotopic (exact) mass is 321 g/mol. The van der Waals surface area contributed by atoms with Crippen LogP contribution in [-0.2, 0) is 16.0 Å². The van der Waals surface area contributed by atoms with E-state index in [0.717, 1.165) is 19.3 Å². The molecule has 1 saturated heterocycles. The molecule has 1 aromatic carbocycles. The van der Waals surface area contributed by atoms with E-state index in [1.165, 1.54) is 24.1 Å². The highest BCUT2D eigenvalue weighted by Gasteiger charge is 2.49. The van der Waals surface area contributed by atoms with Crippen molar-refractivity contribution in [2.75, 3.05) is 13.7 Å². The highest BCUT2D eigenvalue weighted by atomic mass is 19.1. The highest BCUT2D eigenvalue weighted by Crippen LogP contribution is 2.42. The summed E-state index contributed by atoms with van der Waals surface area (Å²) < 4.78 is 18.6. The molecule has 0 radical (unpaired) electrons. The van der Waals surface area contributed by atoms with Crippen molar-refractivity contribution >= 4 is 11.9 Å². The van der Waals surface area contributed by atoms with Crippen LogP contribution in [-0.4, -0.2) is 41.6 Å². The number of methoxy groups -OCH3 is 1. The number of carbonyl (C=O) groups is 2. The van der Waals surface area contributed by atoms with Gasteiger partial charge in [0.25, 0.3) is 0 Å². The molecule has 1 saturated carbocycles. The van der Waals surface area contributed by atoms with Crippen molar-refractivity contribution in [2.45, 2.75) is 31.7 Å². The molecule has 1 heterocycles. The number of likely N-dealkylation sites (tertiary alicyclic amines) is 1. The molecular formula is C17H20FNO4. The quantitative estimate of drug-likeness (QED) is 0.922. The van der Waals surface area contributed by atoms with Crippen LogP contribution in [0.3, 0.4) is 0 Å². The zero-order valence-electron chi connectivity index (χ0n) is 13.0. The van der Waals surface area contributed by atoms with E-state index in [0.29, 0.717) is 12.1 Å². The zero-order valence-corrected chi connectivity index (χ0v) is 13.0. The predicted molar refractivity (Wildman–Crippen MR) is 80.6 cm³/mol. The Hall–Kier alpha value is -2.11. The van der Waals surface area contributed by atoms with Gasteiger partial charge in [0.2, 0.25) is 5.91 Å². The molecule has 2 aliphatic rings. The average molecular weight is 321 g/mol. The van der Waals surface area contributed by atoms with E-state index >= 15 is 0 Å². The average Bonchev–Trinajstić information content (AvgIpc) is 3.07. The van der Waals surface area contributed by atoms with Gasteiger partial charge in [0.15, 0.2) is 11.6 Å². The third-order valence-electron chi connectivity index (χ3n) is 5.04. The van der Waals surface area contributed by atoms with Crippen LogP contribution in [0.25, 0.3) is 0 Å².